The maximum Gasteiger partial charge on any atom is 0.255 e. The zero-order valence-corrected chi connectivity index (χ0v) is 20.2. The molecule has 1 aliphatic rings. The quantitative estimate of drug-likeness (QED) is 0.308. The molecule has 0 fully saturated rings. The zero-order chi connectivity index (χ0) is 26.1. The van der Waals surface area contributed by atoms with Crippen molar-refractivity contribution in [3.8, 4) is 17.0 Å². The van der Waals surface area contributed by atoms with Gasteiger partial charge in [-0.3, -0.25) is 9.59 Å². The fourth-order valence-corrected chi connectivity index (χ4v) is 4.84. The summed E-state index contributed by atoms with van der Waals surface area (Å²) in [7, 11) is 1.52. The van der Waals surface area contributed by atoms with Crippen molar-refractivity contribution in [1.82, 2.24) is 15.1 Å². The highest BCUT2D eigenvalue weighted by Gasteiger charge is 2.34. The topological polar surface area (TPSA) is 145 Å². The molecule has 0 saturated carbocycles. The van der Waals surface area contributed by atoms with Crippen LogP contribution in [0.2, 0.25) is 0 Å². The van der Waals surface area contributed by atoms with Gasteiger partial charge in [-0.25, -0.2) is 4.68 Å². The Bertz CT molecular complexity index is 1480. The van der Waals surface area contributed by atoms with Gasteiger partial charge < -0.3 is 26.6 Å². The third kappa shape index (κ3) is 4.41. The number of carbonyl (C=O) groups is 2. The summed E-state index contributed by atoms with van der Waals surface area (Å²) in [6.07, 6.45) is -0.246. The molecule has 0 spiro atoms. The molecule has 0 saturated heterocycles. The number of aromatic nitrogens is 2. The van der Waals surface area contributed by atoms with Gasteiger partial charge in [0.1, 0.15) is 22.8 Å². The predicted molar refractivity (Wildman–Crippen MR) is 139 cm³/mol. The summed E-state index contributed by atoms with van der Waals surface area (Å²) < 4.78 is 6.83. The van der Waals surface area contributed by atoms with Crippen molar-refractivity contribution in [2.24, 2.45) is 5.73 Å². The number of para-hydroxylation sites is 1. The van der Waals surface area contributed by atoms with Crippen molar-refractivity contribution in [2.45, 2.75) is 25.1 Å². The molecule has 0 aliphatic heterocycles. The number of rotatable bonds is 7. The molecule has 1 aromatic heterocycles. The number of ether oxygens (including phenoxy) is 1. The van der Waals surface area contributed by atoms with Gasteiger partial charge in [-0.15, -0.1) is 0 Å². The van der Waals surface area contributed by atoms with Crippen LogP contribution in [0.1, 0.15) is 56.0 Å². The number of aliphatic hydroxyl groups is 1. The minimum atomic E-state index is -0.682. The number of nitrogens with zero attached hydrogens (tertiary/aromatic N) is 2. The van der Waals surface area contributed by atoms with Crippen LogP contribution in [0.25, 0.3) is 11.3 Å². The maximum atomic E-state index is 12.6. The molecule has 0 radical (unpaired) electrons. The fourth-order valence-electron chi connectivity index (χ4n) is 4.84. The van der Waals surface area contributed by atoms with E-state index in [1.165, 1.54) is 7.11 Å². The van der Waals surface area contributed by atoms with E-state index in [1.807, 2.05) is 36.4 Å². The lowest BCUT2D eigenvalue weighted by Crippen LogP contribution is -2.23. The van der Waals surface area contributed by atoms with Gasteiger partial charge in [-0.1, -0.05) is 60.7 Å². The van der Waals surface area contributed by atoms with Crippen LogP contribution in [0, 0.1) is 0 Å². The standard InChI is InChI=1S/C28H27N5O4/c1-37-23-9-5-4-8-20(23)28(36)31-15-16-10-12-17(13-11-16)25-24(27(30)35)26(29)33(32-25)21-14-22(34)19-7-3-2-6-18(19)21/h2-13,21-22,34H,14-15,29H2,1H3,(H2,30,35)(H,31,36). The Morgan fingerprint density at radius 3 is 2.43 bits per heavy atom. The van der Waals surface area contributed by atoms with Crippen molar-refractivity contribution in [2.75, 3.05) is 12.8 Å². The van der Waals surface area contributed by atoms with Crippen LogP contribution in [-0.2, 0) is 6.54 Å². The van der Waals surface area contributed by atoms with Gasteiger partial charge in [0.25, 0.3) is 11.8 Å². The first-order valence-corrected chi connectivity index (χ1v) is 11.8. The van der Waals surface area contributed by atoms with Crippen molar-refractivity contribution < 1.29 is 19.4 Å². The third-order valence-corrected chi connectivity index (χ3v) is 6.68. The Morgan fingerprint density at radius 2 is 1.73 bits per heavy atom. The monoisotopic (exact) mass is 497 g/mol. The van der Waals surface area contributed by atoms with Crippen LogP contribution in [0.5, 0.6) is 5.75 Å². The minimum Gasteiger partial charge on any atom is -0.496 e. The number of fused-ring (bicyclic) bond motifs is 1. The number of primary amides is 1. The van der Waals surface area contributed by atoms with E-state index in [0.29, 0.717) is 35.5 Å². The van der Waals surface area contributed by atoms with Crippen LogP contribution in [0.3, 0.4) is 0 Å². The first kappa shape index (κ1) is 24.1. The molecule has 2 amide bonds. The molecule has 6 N–H and O–H groups in total. The normalized spacial score (nSPS) is 16.3. The van der Waals surface area contributed by atoms with E-state index in [2.05, 4.69) is 10.4 Å². The number of methoxy groups -OCH3 is 1. The second-order valence-corrected chi connectivity index (χ2v) is 8.89. The highest BCUT2D eigenvalue weighted by atomic mass is 16.5. The van der Waals surface area contributed by atoms with Crippen LogP contribution in [-0.4, -0.2) is 33.8 Å². The van der Waals surface area contributed by atoms with Gasteiger partial charge in [-0.05, 0) is 28.8 Å². The molecule has 0 bridgehead atoms. The molecule has 4 aromatic rings. The zero-order valence-electron chi connectivity index (χ0n) is 20.2. The number of hydrogen-bond acceptors (Lipinski definition) is 6. The van der Waals surface area contributed by atoms with E-state index >= 15 is 0 Å². The van der Waals surface area contributed by atoms with Gasteiger partial charge in [0.2, 0.25) is 0 Å². The predicted octanol–water partition coefficient (Wildman–Crippen LogP) is 3.20. The number of aliphatic hydroxyl groups excluding tert-OH is 1. The molecular weight excluding hydrogens is 470 g/mol. The van der Waals surface area contributed by atoms with Crippen LogP contribution < -0.4 is 21.5 Å². The molecule has 2 atom stereocenters. The van der Waals surface area contributed by atoms with Gasteiger partial charge in [0.15, 0.2) is 0 Å². The Labute approximate surface area is 213 Å². The average molecular weight is 498 g/mol. The Balaban J connectivity index is 1.39. The van der Waals surface area contributed by atoms with Crippen molar-refractivity contribution in [3.63, 3.8) is 0 Å². The summed E-state index contributed by atoms with van der Waals surface area (Å²) in [6, 6.07) is 21.6. The number of benzene rings is 3. The van der Waals surface area contributed by atoms with Gasteiger partial charge in [0.05, 0.1) is 24.8 Å². The molecule has 9 nitrogen and oxygen atoms in total. The molecule has 2 unspecified atom stereocenters. The van der Waals surface area contributed by atoms with Crippen LogP contribution >= 0.6 is 0 Å². The highest BCUT2D eigenvalue weighted by molar-refractivity contribution is 6.03. The number of carbonyl (C=O) groups excluding carboxylic acids is 2. The lowest BCUT2D eigenvalue weighted by molar-refractivity contribution is 0.0946. The van der Waals surface area contributed by atoms with E-state index in [0.717, 1.165) is 16.7 Å². The summed E-state index contributed by atoms with van der Waals surface area (Å²) in [5.41, 5.74) is 16.3. The SMILES string of the molecule is COc1ccccc1C(=O)NCc1ccc(-c2nn(C3CC(O)c4ccccc43)c(N)c2C(N)=O)cc1. The number of nitrogens with one attached hydrogen (secondary N) is 1. The van der Waals surface area contributed by atoms with Crippen LogP contribution in [0.4, 0.5) is 5.82 Å². The summed E-state index contributed by atoms with van der Waals surface area (Å²) in [6.45, 7) is 0.299. The molecule has 1 aliphatic carbocycles. The number of anilines is 1. The minimum absolute atomic E-state index is 0.135. The van der Waals surface area contributed by atoms with Gasteiger partial charge >= 0.3 is 0 Å². The lowest BCUT2D eigenvalue weighted by atomic mass is 10.0. The van der Waals surface area contributed by atoms with E-state index in [-0.39, 0.29) is 23.3 Å². The van der Waals surface area contributed by atoms with E-state index < -0.39 is 12.0 Å². The molecule has 1 heterocycles. The molecule has 5 rings (SSSR count). The van der Waals surface area contributed by atoms with E-state index in [1.54, 1.807) is 41.1 Å². The van der Waals surface area contributed by atoms with Crippen molar-refractivity contribution in [3.05, 3.63) is 101 Å². The molecular formula is C28H27N5O4. The first-order chi connectivity index (χ1) is 17.9. The summed E-state index contributed by atoms with van der Waals surface area (Å²) in [4.78, 5) is 25.0. The number of hydrogen-bond donors (Lipinski definition) is 4. The highest BCUT2D eigenvalue weighted by Crippen LogP contribution is 2.43. The maximum absolute atomic E-state index is 12.6. The molecule has 188 valence electrons. The Hall–Kier alpha value is -4.63. The number of amides is 2. The molecule has 9 heteroatoms. The average Bonchev–Trinajstić information content (AvgIpc) is 3.44. The number of nitrogens with two attached hydrogens (primary N) is 2. The number of nitrogen functional groups attached to an aromatic ring is 1. The van der Waals surface area contributed by atoms with Gasteiger partial charge in [-0.2, -0.15) is 5.10 Å². The third-order valence-electron chi connectivity index (χ3n) is 6.68. The summed E-state index contributed by atoms with van der Waals surface area (Å²) in [5.74, 6) is -0.272. The second kappa shape index (κ2) is 9.79. The second-order valence-electron chi connectivity index (χ2n) is 8.89. The summed E-state index contributed by atoms with van der Waals surface area (Å²) >= 11 is 0. The fraction of sp³-hybridized carbons (Fsp3) is 0.179. The molecule has 3 aromatic carbocycles. The smallest absolute Gasteiger partial charge is 0.255 e. The van der Waals surface area contributed by atoms with Crippen LogP contribution in [0.15, 0.2) is 72.8 Å². The van der Waals surface area contributed by atoms with Gasteiger partial charge in [0, 0.05) is 18.5 Å². The summed E-state index contributed by atoms with van der Waals surface area (Å²) in [5, 5.41) is 18.1. The Morgan fingerprint density at radius 1 is 1.05 bits per heavy atom. The lowest BCUT2D eigenvalue weighted by Gasteiger charge is -2.14. The van der Waals surface area contributed by atoms with E-state index in [9.17, 15) is 14.7 Å². The Kier molecular flexibility index (Phi) is 6.37. The van der Waals surface area contributed by atoms with Crippen molar-refractivity contribution in [1.29, 1.82) is 0 Å². The van der Waals surface area contributed by atoms with E-state index in [4.69, 9.17) is 16.2 Å². The van der Waals surface area contributed by atoms with Crippen molar-refractivity contribution >= 4 is 17.6 Å². The molecule has 37 heavy (non-hydrogen) atoms. The first-order valence-electron chi connectivity index (χ1n) is 11.8. The largest absolute Gasteiger partial charge is 0.496 e.